The summed E-state index contributed by atoms with van der Waals surface area (Å²) in [6, 6.07) is 4.12. The molecular formula is C34H71N8S+. The second-order valence-electron chi connectivity index (χ2n) is 13.0. The summed E-state index contributed by atoms with van der Waals surface area (Å²) in [7, 11) is 13.8. The van der Waals surface area contributed by atoms with Crippen LogP contribution < -0.4 is 4.90 Å². The molecule has 0 unspecified atom stereocenters. The highest BCUT2D eigenvalue weighted by molar-refractivity contribution is 7.96. The van der Waals surface area contributed by atoms with Crippen LogP contribution in [0.4, 0.5) is 5.69 Å². The molecule has 6 rings (SSSR count). The molecule has 5 fully saturated rings. The number of aromatic nitrogens is 1. The highest BCUT2D eigenvalue weighted by Crippen LogP contribution is 2.13. The third kappa shape index (κ3) is 19.9. The molecule has 0 radical (unpaired) electrons. The highest BCUT2D eigenvalue weighted by Gasteiger charge is 2.18. The maximum absolute atomic E-state index is 4.12. The van der Waals surface area contributed by atoms with Crippen molar-refractivity contribution in [2.75, 3.05) is 157 Å². The van der Waals surface area contributed by atoms with Gasteiger partial charge in [-0.2, -0.15) is 0 Å². The standard InChI is InChI=1S/C10H15N3.C6H14N2.C6H14NS.C6H13N.C5H11N.CH4/c1-12-5-7-13(8-6-12)10-3-2-4-11-9-10;2*1-7-3-5-8(2)6-4-7;1-7-5-3-2-4-6-7;1-6-4-2-3-5-6;/h2-4,9H,5-8H2,1H3;2*3-6H2,1-2H3;2-6H2,1H3;2-5H2,1H3;1H4/q;;+1;;;. The summed E-state index contributed by atoms with van der Waals surface area (Å²) in [5.74, 6) is 2.85. The fourth-order valence-corrected chi connectivity index (χ4v) is 6.73. The summed E-state index contributed by atoms with van der Waals surface area (Å²) < 4.78 is 0. The van der Waals surface area contributed by atoms with Crippen molar-refractivity contribution in [1.29, 1.82) is 0 Å². The first-order chi connectivity index (χ1) is 20.2. The number of piperazine rings is 2. The normalized spacial score (nSPS) is 23.2. The van der Waals surface area contributed by atoms with Gasteiger partial charge < -0.3 is 29.4 Å². The lowest BCUT2D eigenvalue weighted by atomic mass is 10.1. The van der Waals surface area contributed by atoms with Crippen LogP contribution in [0.1, 0.15) is 39.5 Å². The van der Waals surface area contributed by atoms with Gasteiger partial charge in [-0.05, 0) is 117 Å². The van der Waals surface area contributed by atoms with Gasteiger partial charge in [0.05, 0.1) is 18.1 Å². The van der Waals surface area contributed by atoms with Crippen molar-refractivity contribution in [3.05, 3.63) is 24.5 Å². The Balaban J connectivity index is 0.000000275. The van der Waals surface area contributed by atoms with Crippen LogP contribution in [0.25, 0.3) is 0 Å². The van der Waals surface area contributed by atoms with Crippen molar-refractivity contribution < 1.29 is 0 Å². The van der Waals surface area contributed by atoms with Gasteiger partial charge in [0.2, 0.25) is 0 Å². The Kier molecular flexibility index (Phi) is 22.7. The molecule has 8 nitrogen and oxygen atoms in total. The highest BCUT2D eigenvalue weighted by atomic mass is 32.2. The molecular weight excluding hydrogens is 552 g/mol. The van der Waals surface area contributed by atoms with E-state index >= 15 is 0 Å². The number of rotatable bonds is 1. The first kappa shape index (κ1) is 40.1. The quantitative estimate of drug-likeness (QED) is 0.441. The van der Waals surface area contributed by atoms with Crippen molar-refractivity contribution in [1.82, 2.24) is 34.4 Å². The molecule has 6 heterocycles. The lowest BCUT2D eigenvalue weighted by Gasteiger charge is -2.33. The molecule has 43 heavy (non-hydrogen) atoms. The number of likely N-dealkylation sites (tertiary alicyclic amines) is 2. The van der Waals surface area contributed by atoms with E-state index in [9.17, 15) is 0 Å². The molecule has 0 amide bonds. The van der Waals surface area contributed by atoms with E-state index in [0.717, 1.165) is 37.1 Å². The van der Waals surface area contributed by atoms with Gasteiger partial charge in [0.1, 0.15) is 11.5 Å². The van der Waals surface area contributed by atoms with Gasteiger partial charge in [0, 0.05) is 71.6 Å². The first-order valence-corrected chi connectivity index (χ1v) is 18.6. The van der Waals surface area contributed by atoms with Crippen molar-refractivity contribution in [2.45, 2.75) is 39.5 Å². The minimum Gasteiger partial charge on any atom is -0.368 e. The molecule has 5 aliphatic rings. The van der Waals surface area contributed by atoms with E-state index in [2.05, 4.69) is 93.9 Å². The fourth-order valence-electron chi connectivity index (χ4n) is 5.28. The number of nitrogens with zero attached hydrogens (tertiary/aromatic N) is 8. The average Bonchev–Trinajstić information content (AvgIpc) is 3.50. The fraction of sp³-hybridized carbons (Fsp3) is 0.853. The Morgan fingerprint density at radius 2 is 0.884 bits per heavy atom. The van der Waals surface area contributed by atoms with Crippen molar-refractivity contribution in [3.8, 4) is 0 Å². The van der Waals surface area contributed by atoms with E-state index in [0.29, 0.717) is 0 Å². The zero-order valence-electron chi connectivity index (χ0n) is 28.6. The van der Waals surface area contributed by atoms with Crippen LogP contribution in [-0.4, -0.2) is 186 Å². The molecule has 5 saturated heterocycles. The molecule has 0 aliphatic carbocycles. The smallest absolute Gasteiger partial charge is 0.120 e. The van der Waals surface area contributed by atoms with Gasteiger partial charge in [-0.3, -0.25) is 9.88 Å². The van der Waals surface area contributed by atoms with E-state index < -0.39 is 0 Å². The molecule has 0 bridgehead atoms. The Morgan fingerprint density at radius 3 is 1.21 bits per heavy atom. The molecule has 1 aromatic heterocycles. The molecule has 0 saturated carbocycles. The van der Waals surface area contributed by atoms with Crippen molar-refractivity contribution >= 4 is 16.6 Å². The second kappa shape index (κ2) is 24.3. The van der Waals surface area contributed by atoms with E-state index in [1.54, 1.807) is 0 Å². The van der Waals surface area contributed by atoms with Gasteiger partial charge in [-0.1, -0.05) is 13.8 Å². The number of pyridine rings is 1. The van der Waals surface area contributed by atoms with Crippen molar-refractivity contribution in [3.63, 3.8) is 0 Å². The monoisotopic (exact) mass is 624 g/mol. The Labute approximate surface area is 271 Å². The lowest BCUT2D eigenvalue weighted by molar-refractivity contribution is 0.181. The molecule has 9 heteroatoms. The minimum atomic E-state index is 0. The summed E-state index contributed by atoms with van der Waals surface area (Å²) in [5.41, 5.74) is 1.25. The number of hydrogen-bond acceptors (Lipinski definition) is 8. The van der Waals surface area contributed by atoms with Crippen molar-refractivity contribution in [2.24, 2.45) is 0 Å². The Bertz CT molecular complexity index is 696. The van der Waals surface area contributed by atoms with Gasteiger partial charge >= 0.3 is 0 Å². The first-order valence-electron chi connectivity index (χ1n) is 16.6. The number of hydrogen-bond donors (Lipinski definition) is 0. The summed E-state index contributed by atoms with van der Waals surface area (Å²) in [6.45, 7) is 17.4. The summed E-state index contributed by atoms with van der Waals surface area (Å²) in [6.07, 6.45) is 13.2. The van der Waals surface area contributed by atoms with Crippen LogP contribution in [-0.2, 0) is 10.9 Å². The Morgan fingerprint density at radius 1 is 0.512 bits per heavy atom. The summed E-state index contributed by atoms with van der Waals surface area (Å²) >= 11 is 0. The zero-order valence-corrected chi connectivity index (χ0v) is 29.5. The largest absolute Gasteiger partial charge is 0.368 e. The molecule has 252 valence electrons. The van der Waals surface area contributed by atoms with Crippen LogP contribution in [0.3, 0.4) is 0 Å². The molecule has 0 aromatic carbocycles. The van der Waals surface area contributed by atoms with E-state index in [1.807, 2.05) is 18.5 Å². The number of likely N-dealkylation sites (N-methyl/N-ethyl adjacent to an activating group) is 3. The molecule has 0 spiro atoms. The maximum Gasteiger partial charge on any atom is 0.120 e. The average molecular weight is 624 g/mol. The second-order valence-corrected chi connectivity index (χ2v) is 15.4. The van der Waals surface area contributed by atoms with Crippen LogP contribution in [0, 0.1) is 0 Å². The topological polar surface area (TPSA) is 35.6 Å². The van der Waals surface area contributed by atoms with E-state index in [4.69, 9.17) is 0 Å². The van der Waals surface area contributed by atoms with E-state index in [-0.39, 0.29) is 7.43 Å². The van der Waals surface area contributed by atoms with Gasteiger partial charge in [0.25, 0.3) is 0 Å². The van der Waals surface area contributed by atoms with Gasteiger partial charge in [-0.25, -0.2) is 0 Å². The molecule has 5 aliphatic heterocycles. The molecule has 1 aromatic rings. The van der Waals surface area contributed by atoms with Crippen LogP contribution in [0.2, 0.25) is 0 Å². The molecule has 0 N–H and O–H groups in total. The van der Waals surface area contributed by atoms with Gasteiger partial charge in [0.15, 0.2) is 0 Å². The number of piperidine rings is 1. The lowest BCUT2D eigenvalue weighted by Crippen LogP contribution is -2.44. The number of anilines is 1. The van der Waals surface area contributed by atoms with Crippen LogP contribution in [0.15, 0.2) is 24.5 Å². The Hall–Kier alpha value is -0.940. The molecule has 0 atom stereocenters. The van der Waals surface area contributed by atoms with Crippen LogP contribution >= 0.6 is 0 Å². The predicted molar refractivity (Wildman–Crippen MR) is 194 cm³/mol. The maximum atomic E-state index is 4.12. The third-order valence-electron chi connectivity index (χ3n) is 8.79. The third-order valence-corrected chi connectivity index (χ3v) is 10.6. The SMILES string of the molecule is C.CN1CCCC1.CN1CCCCC1.CN1CCN(C)CC1.CN1CCN(c2cccnc2)CC1.CN1CC[S+](C)CC1. The van der Waals surface area contributed by atoms with E-state index in [1.165, 1.54) is 115 Å². The minimum absolute atomic E-state index is 0. The predicted octanol–water partition coefficient (Wildman–Crippen LogP) is 3.33. The van der Waals surface area contributed by atoms with Crippen LogP contribution in [0.5, 0.6) is 0 Å². The summed E-state index contributed by atoms with van der Waals surface area (Å²) in [4.78, 5) is 20.7. The zero-order chi connectivity index (χ0) is 30.6. The summed E-state index contributed by atoms with van der Waals surface area (Å²) in [5, 5.41) is 0. The van der Waals surface area contributed by atoms with Gasteiger partial charge in [-0.15, -0.1) is 0 Å².